The maximum absolute atomic E-state index is 12.1. The highest BCUT2D eigenvalue weighted by Gasteiger charge is 2.13. The molecule has 2 rings (SSSR count). The number of carbonyl (C=O) groups is 1. The molecule has 0 aliphatic rings. The van der Waals surface area contributed by atoms with E-state index in [-0.39, 0.29) is 5.91 Å². The van der Waals surface area contributed by atoms with Gasteiger partial charge in [0.2, 0.25) is 0 Å². The van der Waals surface area contributed by atoms with Crippen molar-refractivity contribution >= 4 is 27.5 Å². The van der Waals surface area contributed by atoms with Crippen LogP contribution >= 0.6 is 15.9 Å². The van der Waals surface area contributed by atoms with Crippen molar-refractivity contribution < 1.29 is 9.21 Å². The fourth-order valence-electron chi connectivity index (χ4n) is 1.74. The highest BCUT2D eigenvalue weighted by atomic mass is 79.9. The van der Waals surface area contributed by atoms with E-state index < -0.39 is 0 Å². The first-order chi connectivity index (χ1) is 8.61. The van der Waals surface area contributed by atoms with Crippen LogP contribution < -0.4 is 5.32 Å². The number of benzene rings is 1. The van der Waals surface area contributed by atoms with Gasteiger partial charge in [0, 0.05) is 16.6 Å². The number of furan rings is 1. The van der Waals surface area contributed by atoms with Gasteiger partial charge in [-0.2, -0.15) is 0 Å². The summed E-state index contributed by atoms with van der Waals surface area (Å²) >= 11 is 3.43. The van der Waals surface area contributed by atoms with Crippen molar-refractivity contribution in [3.8, 4) is 0 Å². The van der Waals surface area contributed by atoms with E-state index in [1.54, 1.807) is 12.3 Å². The highest BCUT2D eigenvalue weighted by molar-refractivity contribution is 9.10. The van der Waals surface area contributed by atoms with Crippen LogP contribution in [0.15, 0.2) is 39.4 Å². The Balaban J connectivity index is 2.19. The van der Waals surface area contributed by atoms with Crippen LogP contribution in [-0.2, 0) is 6.42 Å². The molecule has 1 aromatic carbocycles. The van der Waals surface area contributed by atoms with Gasteiger partial charge >= 0.3 is 0 Å². The Labute approximate surface area is 114 Å². The molecule has 94 valence electrons. The Morgan fingerprint density at radius 2 is 2.17 bits per heavy atom. The molecule has 0 unspecified atom stereocenters. The number of anilines is 1. The van der Waals surface area contributed by atoms with Crippen molar-refractivity contribution in [1.82, 2.24) is 0 Å². The summed E-state index contributed by atoms with van der Waals surface area (Å²) in [6.07, 6.45) is 2.25. The lowest BCUT2D eigenvalue weighted by molar-refractivity contribution is 0.102. The second-order valence-corrected chi connectivity index (χ2v) is 4.88. The molecule has 2 aromatic rings. The fraction of sp³-hybridized carbons (Fsp3) is 0.214. The molecule has 0 radical (unpaired) electrons. The highest BCUT2D eigenvalue weighted by Crippen LogP contribution is 2.21. The zero-order valence-electron chi connectivity index (χ0n) is 10.3. The standard InChI is InChI=1S/C14H14BrNO2/c1-3-13-11(6-7-18-13)14(17)16-10-4-5-12(15)9(2)8-10/h4-8H,3H2,1-2H3,(H,16,17). The first-order valence-electron chi connectivity index (χ1n) is 5.75. The minimum atomic E-state index is -0.137. The van der Waals surface area contributed by atoms with Crippen LogP contribution in [0.5, 0.6) is 0 Å². The quantitative estimate of drug-likeness (QED) is 0.925. The van der Waals surface area contributed by atoms with Gasteiger partial charge in [-0.1, -0.05) is 22.9 Å². The number of nitrogens with one attached hydrogen (secondary N) is 1. The molecule has 0 aliphatic carbocycles. The van der Waals surface area contributed by atoms with Gasteiger partial charge in [-0.3, -0.25) is 4.79 Å². The van der Waals surface area contributed by atoms with Crippen molar-refractivity contribution in [3.63, 3.8) is 0 Å². The molecule has 1 aromatic heterocycles. The third kappa shape index (κ3) is 2.64. The molecule has 0 aliphatic heterocycles. The number of carbonyl (C=O) groups excluding carboxylic acids is 1. The van der Waals surface area contributed by atoms with Crippen LogP contribution in [0.3, 0.4) is 0 Å². The average Bonchev–Trinajstić information content (AvgIpc) is 2.82. The molecule has 0 saturated heterocycles. The van der Waals surface area contributed by atoms with E-state index in [9.17, 15) is 4.79 Å². The molecule has 3 nitrogen and oxygen atoms in total. The molecular weight excluding hydrogens is 294 g/mol. The molecule has 0 atom stereocenters. The molecule has 18 heavy (non-hydrogen) atoms. The summed E-state index contributed by atoms with van der Waals surface area (Å²) in [6, 6.07) is 7.40. The van der Waals surface area contributed by atoms with E-state index in [2.05, 4.69) is 21.2 Å². The number of rotatable bonds is 3. The topological polar surface area (TPSA) is 42.2 Å². The Hall–Kier alpha value is -1.55. The van der Waals surface area contributed by atoms with E-state index in [4.69, 9.17) is 4.42 Å². The molecule has 1 amide bonds. The van der Waals surface area contributed by atoms with Gasteiger partial charge in [-0.15, -0.1) is 0 Å². The van der Waals surface area contributed by atoms with E-state index in [0.717, 1.165) is 15.7 Å². The molecule has 0 fully saturated rings. The van der Waals surface area contributed by atoms with Gasteiger partial charge in [0.15, 0.2) is 0 Å². The Kier molecular flexibility index (Phi) is 3.87. The summed E-state index contributed by atoms with van der Waals surface area (Å²) < 4.78 is 6.27. The van der Waals surface area contributed by atoms with Crippen LogP contribution in [0.2, 0.25) is 0 Å². The van der Waals surface area contributed by atoms with Gasteiger partial charge in [0.05, 0.1) is 11.8 Å². The van der Waals surface area contributed by atoms with Gasteiger partial charge in [0.1, 0.15) is 5.76 Å². The third-order valence-electron chi connectivity index (χ3n) is 2.73. The van der Waals surface area contributed by atoms with Crippen LogP contribution in [0.1, 0.15) is 28.6 Å². The smallest absolute Gasteiger partial charge is 0.259 e. The average molecular weight is 308 g/mol. The Bertz CT molecular complexity index is 575. The summed E-state index contributed by atoms with van der Waals surface area (Å²) in [5.41, 5.74) is 2.46. The number of hydrogen-bond donors (Lipinski definition) is 1. The van der Waals surface area contributed by atoms with Gasteiger partial charge < -0.3 is 9.73 Å². The minimum Gasteiger partial charge on any atom is -0.469 e. The zero-order valence-corrected chi connectivity index (χ0v) is 11.9. The van der Waals surface area contributed by atoms with Crippen molar-refractivity contribution in [2.75, 3.05) is 5.32 Å². The summed E-state index contributed by atoms with van der Waals surface area (Å²) in [5, 5.41) is 2.87. The van der Waals surface area contributed by atoms with Gasteiger partial charge in [-0.05, 0) is 36.8 Å². The van der Waals surface area contributed by atoms with Crippen molar-refractivity contribution in [2.45, 2.75) is 20.3 Å². The Morgan fingerprint density at radius 1 is 1.39 bits per heavy atom. The summed E-state index contributed by atoms with van der Waals surface area (Å²) in [4.78, 5) is 12.1. The Morgan fingerprint density at radius 3 is 2.83 bits per heavy atom. The second kappa shape index (κ2) is 5.40. The van der Waals surface area contributed by atoms with Crippen LogP contribution in [0.25, 0.3) is 0 Å². The maximum Gasteiger partial charge on any atom is 0.259 e. The van der Waals surface area contributed by atoms with Gasteiger partial charge in [-0.25, -0.2) is 0 Å². The fourth-order valence-corrected chi connectivity index (χ4v) is 1.98. The van der Waals surface area contributed by atoms with E-state index in [1.165, 1.54) is 0 Å². The lowest BCUT2D eigenvalue weighted by Gasteiger charge is -2.06. The molecule has 1 heterocycles. The van der Waals surface area contributed by atoms with E-state index in [0.29, 0.717) is 17.7 Å². The molecular formula is C14H14BrNO2. The molecule has 4 heteroatoms. The van der Waals surface area contributed by atoms with E-state index >= 15 is 0 Å². The first kappa shape index (κ1) is 12.9. The monoisotopic (exact) mass is 307 g/mol. The molecule has 1 N–H and O–H groups in total. The van der Waals surface area contributed by atoms with Crippen LogP contribution in [0.4, 0.5) is 5.69 Å². The minimum absolute atomic E-state index is 0.137. The first-order valence-corrected chi connectivity index (χ1v) is 6.55. The lowest BCUT2D eigenvalue weighted by atomic mass is 10.2. The predicted octanol–water partition coefficient (Wildman–Crippen LogP) is 4.17. The lowest BCUT2D eigenvalue weighted by Crippen LogP contribution is -2.12. The summed E-state index contributed by atoms with van der Waals surface area (Å²) in [7, 11) is 0. The van der Waals surface area contributed by atoms with Gasteiger partial charge in [0.25, 0.3) is 5.91 Å². The maximum atomic E-state index is 12.1. The normalized spacial score (nSPS) is 10.4. The number of halogens is 1. The predicted molar refractivity (Wildman–Crippen MR) is 74.9 cm³/mol. The van der Waals surface area contributed by atoms with Crippen molar-refractivity contribution in [2.24, 2.45) is 0 Å². The third-order valence-corrected chi connectivity index (χ3v) is 3.62. The number of hydrogen-bond acceptors (Lipinski definition) is 2. The van der Waals surface area contributed by atoms with Crippen LogP contribution in [-0.4, -0.2) is 5.91 Å². The number of aryl methyl sites for hydroxylation is 2. The molecule has 0 saturated carbocycles. The molecule has 0 spiro atoms. The second-order valence-electron chi connectivity index (χ2n) is 4.03. The van der Waals surface area contributed by atoms with Crippen molar-refractivity contribution in [3.05, 3.63) is 51.9 Å². The zero-order chi connectivity index (χ0) is 13.1. The number of amides is 1. The summed E-state index contributed by atoms with van der Waals surface area (Å²) in [6.45, 7) is 3.94. The van der Waals surface area contributed by atoms with Crippen molar-refractivity contribution in [1.29, 1.82) is 0 Å². The molecule has 0 bridgehead atoms. The SMILES string of the molecule is CCc1occc1C(=O)Nc1ccc(Br)c(C)c1. The largest absolute Gasteiger partial charge is 0.469 e. The summed E-state index contributed by atoms with van der Waals surface area (Å²) in [5.74, 6) is 0.573. The van der Waals surface area contributed by atoms with E-state index in [1.807, 2.05) is 32.0 Å². The van der Waals surface area contributed by atoms with Crippen LogP contribution in [0, 0.1) is 6.92 Å².